The van der Waals surface area contributed by atoms with Gasteiger partial charge in [-0.05, 0) is 17.7 Å². The summed E-state index contributed by atoms with van der Waals surface area (Å²) in [7, 11) is 0. The Labute approximate surface area is 91.0 Å². The summed E-state index contributed by atoms with van der Waals surface area (Å²) in [6.45, 7) is 3.96. The van der Waals surface area contributed by atoms with Crippen molar-refractivity contribution < 1.29 is 4.79 Å². The molecule has 0 aliphatic heterocycles. The smallest absolute Gasteiger partial charge is 0.123 e. The Morgan fingerprint density at radius 2 is 2.27 bits per heavy atom. The van der Waals surface area contributed by atoms with E-state index in [1.165, 1.54) is 5.56 Å². The van der Waals surface area contributed by atoms with Crippen LogP contribution in [-0.4, -0.2) is 12.8 Å². The summed E-state index contributed by atoms with van der Waals surface area (Å²) in [6.07, 6.45) is 5.24. The second kappa shape index (κ2) is 6.96. The summed E-state index contributed by atoms with van der Waals surface area (Å²) < 4.78 is 0. The molecule has 0 saturated heterocycles. The minimum Gasteiger partial charge on any atom is -0.313 e. The van der Waals surface area contributed by atoms with Gasteiger partial charge in [0.05, 0.1) is 0 Å². The van der Waals surface area contributed by atoms with Crippen LogP contribution in [0, 0.1) is 0 Å². The first kappa shape index (κ1) is 11.7. The van der Waals surface area contributed by atoms with E-state index in [2.05, 4.69) is 24.4 Å². The number of allylic oxidation sites excluding steroid dienone is 1. The van der Waals surface area contributed by atoms with Crippen molar-refractivity contribution >= 4 is 12.4 Å². The van der Waals surface area contributed by atoms with E-state index >= 15 is 0 Å². The highest BCUT2D eigenvalue weighted by molar-refractivity contribution is 5.58. The molecule has 0 radical (unpaired) electrons. The van der Waals surface area contributed by atoms with Gasteiger partial charge in [-0.15, -0.1) is 0 Å². The predicted molar refractivity (Wildman–Crippen MR) is 63.5 cm³/mol. The van der Waals surface area contributed by atoms with Crippen molar-refractivity contribution in [2.45, 2.75) is 19.9 Å². The topological polar surface area (TPSA) is 29.1 Å². The van der Waals surface area contributed by atoms with Gasteiger partial charge in [0.1, 0.15) is 6.29 Å². The normalized spacial score (nSPS) is 10.7. The lowest BCUT2D eigenvalue weighted by molar-refractivity contribution is -0.107. The average Bonchev–Trinajstić information content (AvgIpc) is 2.27. The Morgan fingerprint density at radius 1 is 1.40 bits per heavy atom. The van der Waals surface area contributed by atoms with Gasteiger partial charge in [0, 0.05) is 13.0 Å². The fourth-order valence-corrected chi connectivity index (χ4v) is 1.34. The Bertz CT molecular complexity index is 331. The zero-order chi connectivity index (χ0) is 10.9. The van der Waals surface area contributed by atoms with Crippen molar-refractivity contribution in [2.75, 3.05) is 6.54 Å². The van der Waals surface area contributed by atoms with Gasteiger partial charge in [-0.25, -0.2) is 0 Å². The highest BCUT2D eigenvalue weighted by Crippen LogP contribution is 2.07. The van der Waals surface area contributed by atoms with Crippen LogP contribution in [0.3, 0.4) is 0 Å². The number of hydrogen-bond acceptors (Lipinski definition) is 2. The zero-order valence-electron chi connectivity index (χ0n) is 9.07. The van der Waals surface area contributed by atoms with Crippen LogP contribution in [0.1, 0.15) is 24.5 Å². The van der Waals surface area contributed by atoms with E-state index in [1.807, 2.05) is 24.3 Å². The minimum absolute atomic E-state index is 0.484. The molecular formula is C13H17NO. The van der Waals surface area contributed by atoms with Gasteiger partial charge in [0.2, 0.25) is 0 Å². The molecule has 0 spiro atoms. The molecule has 0 atom stereocenters. The first-order valence-corrected chi connectivity index (χ1v) is 5.26. The van der Waals surface area contributed by atoms with Crippen molar-refractivity contribution in [3.05, 3.63) is 41.5 Å². The second-order valence-corrected chi connectivity index (χ2v) is 3.33. The molecule has 0 fully saturated rings. The molecule has 2 nitrogen and oxygen atoms in total. The van der Waals surface area contributed by atoms with Crippen molar-refractivity contribution in [3.8, 4) is 0 Å². The lowest BCUT2D eigenvalue weighted by atomic mass is 10.1. The number of nitrogens with one attached hydrogen (secondary N) is 1. The number of rotatable bonds is 6. The highest BCUT2D eigenvalue weighted by atomic mass is 16.1. The van der Waals surface area contributed by atoms with E-state index in [4.69, 9.17) is 0 Å². The number of carbonyl (C=O) groups is 1. The summed E-state index contributed by atoms with van der Waals surface area (Å²) in [4.78, 5) is 10.1. The van der Waals surface area contributed by atoms with E-state index in [-0.39, 0.29) is 0 Å². The highest BCUT2D eigenvalue weighted by Gasteiger charge is 1.92. The third kappa shape index (κ3) is 4.56. The zero-order valence-corrected chi connectivity index (χ0v) is 9.07. The standard InChI is InChI=1S/C13H17NO/c1-2-14-11-13-8-5-7-12(10-13)6-3-4-9-15/h3,5-10,14H,2,4,11H2,1H3. The summed E-state index contributed by atoms with van der Waals surface area (Å²) in [5.74, 6) is 0. The average molecular weight is 203 g/mol. The van der Waals surface area contributed by atoms with Gasteiger partial charge >= 0.3 is 0 Å². The van der Waals surface area contributed by atoms with E-state index in [9.17, 15) is 4.79 Å². The van der Waals surface area contributed by atoms with Crippen molar-refractivity contribution in [2.24, 2.45) is 0 Å². The van der Waals surface area contributed by atoms with Crippen LogP contribution in [-0.2, 0) is 11.3 Å². The number of benzene rings is 1. The molecule has 2 heteroatoms. The summed E-state index contributed by atoms with van der Waals surface area (Å²) >= 11 is 0. The fraction of sp³-hybridized carbons (Fsp3) is 0.308. The van der Waals surface area contributed by atoms with Gasteiger partial charge in [-0.3, -0.25) is 0 Å². The first-order valence-electron chi connectivity index (χ1n) is 5.26. The van der Waals surface area contributed by atoms with Crippen molar-refractivity contribution in [3.63, 3.8) is 0 Å². The van der Waals surface area contributed by atoms with Crippen LogP contribution >= 0.6 is 0 Å². The maximum atomic E-state index is 10.1. The monoisotopic (exact) mass is 203 g/mol. The maximum Gasteiger partial charge on any atom is 0.123 e. The van der Waals surface area contributed by atoms with E-state index in [0.29, 0.717) is 6.42 Å². The molecule has 1 aromatic carbocycles. The van der Waals surface area contributed by atoms with Crippen LogP contribution in [0.15, 0.2) is 30.3 Å². The molecule has 80 valence electrons. The Morgan fingerprint density at radius 3 is 3.00 bits per heavy atom. The minimum atomic E-state index is 0.484. The van der Waals surface area contributed by atoms with Gasteiger partial charge in [-0.1, -0.05) is 43.3 Å². The molecule has 0 bridgehead atoms. The molecule has 1 rings (SSSR count). The van der Waals surface area contributed by atoms with Crippen LogP contribution in [0.4, 0.5) is 0 Å². The summed E-state index contributed by atoms with van der Waals surface area (Å²) in [5.41, 5.74) is 2.41. The van der Waals surface area contributed by atoms with Gasteiger partial charge < -0.3 is 10.1 Å². The fourth-order valence-electron chi connectivity index (χ4n) is 1.34. The molecule has 0 aliphatic carbocycles. The van der Waals surface area contributed by atoms with E-state index in [1.54, 1.807) is 0 Å². The van der Waals surface area contributed by atoms with Crippen LogP contribution in [0.25, 0.3) is 6.08 Å². The largest absolute Gasteiger partial charge is 0.313 e. The quantitative estimate of drug-likeness (QED) is 0.719. The van der Waals surface area contributed by atoms with Crippen LogP contribution < -0.4 is 5.32 Å². The number of carbonyl (C=O) groups excluding carboxylic acids is 1. The van der Waals surface area contributed by atoms with Gasteiger partial charge in [0.25, 0.3) is 0 Å². The summed E-state index contributed by atoms with van der Waals surface area (Å²) in [6, 6.07) is 8.30. The molecule has 0 aromatic heterocycles. The lowest BCUT2D eigenvalue weighted by Crippen LogP contribution is -2.11. The molecule has 0 saturated carbocycles. The third-order valence-electron chi connectivity index (χ3n) is 2.07. The lowest BCUT2D eigenvalue weighted by Gasteiger charge is -2.02. The molecular weight excluding hydrogens is 186 g/mol. The van der Waals surface area contributed by atoms with E-state index < -0.39 is 0 Å². The van der Waals surface area contributed by atoms with Crippen molar-refractivity contribution in [1.29, 1.82) is 0 Å². The van der Waals surface area contributed by atoms with Crippen LogP contribution in [0.5, 0.6) is 0 Å². The van der Waals surface area contributed by atoms with Crippen LogP contribution in [0.2, 0.25) is 0 Å². The molecule has 15 heavy (non-hydrogen) atoms. The SMILES string of the molecule is CCNCc1cccc(C=CCC=O)c1. The molecule has 1 N–H and O–H groups in total. The van der Waals surface area contributed by atoms with Crippen molar-refractivity contribution in [1.82, 2.24) is 5.32 Å². The van der Waals surface area contributed by atoms with Gasteiger partial charge in [0.15, 0.2) is 0 Å². The van der Waals surface area contributed by atoms with E-state index in [0.717, 1.165) is 24.9 Å². The summed E-state index contributed by atoms with van der Waals surface area (Å²) in [5, 5.41) is 3.28. The molecule has 0 unspecified atom stereocenters. The predicted octanol–water partition coefficient (Wildman–Crippen LogP) is 2.40. The number of hydrogen-bond donors (Lipinski definition) is 1. The Kier molecular flexibility index (Phi) is 5.41. The molecule has 1 aromatic rings. The third-order valence-corrected chi connectivity index (χ3v) is 2.07. The number of aldehydes is 1. The molecule has 0 aliphatic rings. The molecule has 0 amide bonds. The second-order valence-electron chi connectivity index (χ2n) is 3.33. The maximum absolute atomic E-state index is 10.1. The Balaban J connectivity index is 2.61. The Hall–Kier alpha value is -1.41. The molecule has 0 heterocycles. The first-order chi connectivity index (χ1) is 7.36. The van der Waals surface area contributed by atoms with Gasteiger partial charge in [-0.2, -0.15) is 0 Å².